The van der Waals surface area contributed by atoms with Gasteiger partial charge in [-0.15, -0.1) is 0 Å². The molecule has 0 heterocycles. The Hall–Kier alpha value is -0.650. The predicted octanol–water partition coefficient (Wildman–Crippen LogP) is 2.57. The van der Waals surface area contributed by atoms with Crippen LogP contribution in [-0.2, 0) is 0 Å². The average molecular weight is 307 g/mol. The lowest BCUT2D eigenvalue weighted by Crippen LogP contribution is -2.24. The van der Waals surface area contributed by atoms with E-state index in [0.717, 1.165) is 9.99 Å². The van der Waals surface area contributed by atoms with Crippen LogP contribution in [0.25, 0.3) is 0 Å². The molecule has 0 saturated heterocycles. The van der Waals surface area contributed by atoms with Crippen molar-refractivity contribution in [3.63, 3.8) is 0 Å². The second-order valence-corrected chi connectivity index (χ2v) is 4.16. The number of carbonyl (C=O) groups is 1. The van der Waals surface area contributed by atoms with Gasteiger partial charge in [0.1, 0.15) is 5.82 Å². The van der Waals surface area contributed by atoms with Crippen molar-refractivity contribution in [1.29, 1.82) is 0 Å². The summed E-state index contributed by atoms with van der Waals surface area (Å²) in [5, 5.41) is 2.69. The summed E-state index contributed by atoms with van der Waals surface area (Å²) in [6.45, 7) is 2.58. The van der Waals surface area contributed by atoms with Gasteiger partial charge in [0.25, 0.3) is 5.91 Å². The van der Waals surface area contributed by atoms with Gasteiger partial charge < -0.3 is 5.32 Å². The Labute approximate surface area is 96.0 Å². The molecular formula is C10H11FINO. The van der Waals surface area contributed by atoms with Gasteiger partial charge in [-0.25, -0.2) is 4.39 Å². The lowest BCUT2D eigenvalue weighted by molar-refractivity contribution is 0.0953. The zero-order valence-corrected chi connectivity index (χ0v) is 9.97. The minimum Gasteiger partial charge on any atom is -0.352 e. The molecule has 0 aliphatic rings. The summed E-state index contributed by atoms with van der Waals surface area (Å²) in [5.41, 5.74) is 0.378. The Morgan fingerprint density at radius 3 is 2.79 bits per heavy atom. The first-order valence-electron chi connectivity index (χ1n) is 4.37. The Balaban J connectivity index is 2.79. The molecule has 1 N–H and O–H groups in total. The smallest absolute Gasteiger partial charge is 0.251 e. The summed E-state index contributed by atoms with van der Waals surface area (Å²) in [4.78, 5) is 11.4. The lowest BCUT2D eigenvalue weighted by atomic mass is 10.2. The monoisotopic (exact) mass is 307 g/mol. The van der Waals surface area contributed by atoms with Crippen molar-refractivity contribution in [1.82, 2.24) is 5.32 Å². The van der Waals surface area contributed by atoms with Crippen LogP contribution in [0.3, 0.4) is 0 Å². The van der Waals surface area contributed by atoms with Crippen LogP contribution in [0.1, 0.15) is 23.7 Å². The van der Waals surface area contributed by atoms with Gasteiger partial charge in [-0.05, 0) is 47.2 Å². The van der Waals surface area contributed by atoms with Crippen LogP contribution < -0.4 is 5.32 Å². The lowest BCUT2D eigenvalue weighted by Gasteiger charge is -2.03. The minimum atomic E-state index is -0.376. The fraction of sp³-hybridized carbons (Fsp3) is 0.300. The normalized spacial score (nSPS) is 9.93. The predicted molar refractivity (Wildman–Crippen MR) is 61.7 cm³/mol. The molecule has 0 aliphatic heterocycles. The zero-order valence-electron chi connectivity index (χ0n) is 7.81. The van der Waals surface area contributed by atoms with Crippen LogP contribution in [-0.4, -0.2) is 12.5 Å². The molecule has 1 aromatic rings. The first-order valence-corrected chi connectivity index (χ1v) is 5.45. The summed E-state index contributed by atoms with van der Waals surface area (Å²) in [5.74, 6) is -0.595. The number of amides is 1. The van der Waals surface area contributed by atoms with Gasteiger partial charge in [-0.3, -0.25) is 4.79 Å². The van der Waals surface area contributed by atoms with E-state index >= 15 is 0 Å². The number of carbonyl (C=O) groups excluding carboxylic acids is 1. The fourth-order valence-corrected chi connectivity index (χ4v) is 1.66. The number of halogens is 2. The number of rotatable bonds is 3. The maximum atomic E-state index is 12.9. The third kappa shape index (κ3) is 3.25. The van der Waals surface area contributed by atoms with Crippen molar-refractivity contribution in [3.8, 4) is 0 Å². The molecule has 0 aliphatic carbocycles. The van der Waals surface area contributed by atoms with Crippen molar-refractivity contribution >= 4 is 28.5 Å². The number of hydrogen-bond donors (Lipinski definition) is 1. The first-order chi connectivity index (χ1) is 6.63. The van der Waals surface area contributed by atoms with E-state index in [-0.39, 0.29) is 11.7 Å². The molecule has 0 radical (unpaired) electrons. The van der Waals surface area contributed by atoms with Crippen LogP contribution in [0.2, 0.25) is 0 Å². The van der Waals surface area contributed by atoms with Gasteiger partial charge in [0.2, 0.25) is 0 Å². The van der Waals surface area contributed by atoms with Crippen molar-refractivity contribution in [2.45, 2.75) is 13.3 Å². The Bertz CT molecular complexity index is 321. The van der Waals surface area contributed by atoms with E-state index in [0.29, 0.717) is 12.1 Å². The first kappa shape index (κ1) is 11.4. The van der Waals surface area contributed by atoms with E-state index < -0.39 is 0 Å². The van der Waals surface area contributed by atoms with Crippen LogP contribution in [0.4, 0.5) is 4.39 Å². The average Bonchev–Trinajstić information content (AvgIpc) is 2.12. The third-order valence-electron chi connectivity index (χ3n) is 1.66. The molecule has 0 unspecified atom stereocenters. The molecular weight excluding hydrogens is 296 g/mol. The van der Waals surface area contributed by atoms with Gasteiger partial charge in [-0.1, -0.05) is 6.92 Å². The molecule has 76 valence electrons. The van der Waals surface area contributed by atoms with Crippen LogP contribution in [0, 0.1) is 9.39 Å². The fourth-order valence-electron chi connectivity index (χ4n) is 1.03. The van der Waals surface area contributed by atoms with Crippen molar-refractivity contribution in [3.05, 3.63) is 33.1 Å². The van der Waals surface area contributed by atoms with Gasteiger partial charge in [0, 0.05) is 15.7 Å². The second-order valence-electron chi connectivity index (χ2n) is 2.91. The number of benzene rings is 1. The molecule has 4 heteroatoms. The highest BCUT2D eigenvalue weighted by Gasteiger charge is 2.06. The van der Waals surface area contributed by atoms with Crippen molar-refractivity contribution in [2.75, 3.05) is 6.54 Å². The molecule has 0 atom stereocenters. The summed E-state index contributed by atoms with van der Waals surface area (Å²) >= 11 is 1.98. The minimum absolute atomic E-state index is 0.218. The highest BCUT2D eigenvalue weighted by Crippen LogP contribution is 2.11. The number of hydrogen-bond acceptors (Lipinski definition) is 1. The summed E-state index contributed by atoms with van der Waals surface area (Å²) in [7, 11) is 0. The molecule has 0 aromatic heterocycles. The quantitative estimate of drug-likeness (QED) is 0.855. The molecule has 1 rings (SSSR count). The van der Waals surface area contributed by atoms with Crippen molar-refractivity contribution in [2.24, 2.45) is 0 Å². The van der Waals surface area contributed by atoms with Crippen molar-refractivity contribution < 1.29 is 9.18 Å². The van der Waals surface area contributed by atoms with E-state index in [1.165, 1.54) is 12.1 Å². The maximum absolute atomic E-state index is 12.9. The van der Waals surface area contributed by atoms with E-state index in [1.807, 2.05) is 29.5 Å². The van der Waals surface area contributed by atoms with Crippen LogP contribution in [0.5, 0.6) is 0 Å². The molecule has 0 spiro atoms. The summed E-state index contributed by atoms with van der Waals surface area (Å²) in [6.07, 6.45) is 0.873. The largest absolute Gasteiger partial charge is 0.352 e. The number of nitrogens with one attached hydrogen (secondary N) is 1. The van der Waals surface area contributed by atoms with Gasteiger partial charge in [0.15, 0.2) is 0 Å². The summed E-state index contributed by atoms with van der Waals surface area (Å²) in [6, 6.07) is 4.29. The molecule has 14 heavy (non-hydrogen) atoms. The third-order valence-corrected chi connectivity index (χ3v) is 2.28. The molecule has 0 fully saturated rings. The zero-order chi connectivity index (χ0) is 10.6. The Kier molecular flexibility index (Phi) is 4.31. The molecule has 1 amide bonds. The molecule has 0 saturated carbocycles. The van der Waals surface area contributed by atoms with E-state index in [1.54, 1.807) is 6.07 Å². The Morgan fingerprint density at radius 1 is 1.50 bits per heavy atom. The second kappa shape index (κ2) is 5.29. The highest BCUT2D eigenvalue weighted by atomic mass is 127. The van der Waals surface area contributed by atoms with Gasteiger partial charge in [0.05, 0.1) is 0 Å². The standard InChI is InChI=1S/C10H11FINO/c1-2-3-13-10(14)7-4-8(11)6-9(12)5-7/h4-6H,2-3H2,1H3,(H,13,14). The topological polar surface area (TPSA) is 29.1 Å². The van der Waals surface area contributed by atoms with E-state index in [4.69, 9.17) is 0 Å². The van der Waals surface area contributed by atoms with E-state index in [9.17, 15) is 9.18 Å². The van der Waals surface area contributed by atoms with Gasteiger partial charge >= 0.3 is 0 Å². The molecule has 0 bridgehead atoms. The Morgan fingerprint density at radius 2 is 2.21 bits per heavy atom. The SMILES string of the molecule is CCCNC(=O)c1cc(F)cc(I)c1. The molecule has 2 nitrogen and oxygen atoms in total. The maximum Gasteiger partial charge on any atom is 0.251 e. The summed E-state index contributed by atoms with van der Waals surface area (Å²) < 4.78 is 13.7. The molecule has 1 aromatic carbocycles. The van der Waals surface area contributed by atoms with Crippen LogP contribution in [0.15, 0.2) is 18.2 Å². The van der Waals surface area contributed by atoms with Crippen LogP contribution >= 0.6 is 22.6 Å². The highest BCUT2D eigenvalue weighted by molar-refractivity contribution is 14.1. The van der Waals surface area contributed by atoms with Gasteiger partial charge in [-0.2, -0.15) is 0 Å². The van der Waals surface area contributed by atoms with E-state index in [2.05, 4.69) is 5.32 Å².